The van der Waals surface area contributed by atoms with E-state index in [1.807, 2.05) is 24.3 Å². The van der Waals surface area contributed by atoms with Crippen LogP contribution in [0, 0.1) is 0 Å². The highest BCUT2D eigenvalue weighted by molar-refractivity contribution is 6.08. The minimum absolute atomic E-state index is 0.0439. The zero-order valence-electron chi connectivity index (χ0n) is 16.1. The number of nitrogens with zero attached hydrogens (tertiary/aromatic N) is 1. The van der Waals surface area contributed by atoms with Crippen molar-refractivity contribution >= 4 is 17.7 Å². The summed E-state index contributed by atoms with van der Waals surface area (Å²) in [5, 5.41) is 13.2. The van der Waals surface area contributed by atoms with E-state index in [-0.39, 0.29) is 24.8 Å². The quantitative estimate of drug-likeness (QED) is 0.577. The summed E-state index contributed by atoms with van der Waals surface area (Å²) in [4.78, 5) is 37.9. The molecular weight excluding hydrogens is 372 g/mol. The van der Waals surface area contributed by atoms with E-state index in [1.165, 1.54) is 6.92 Å². The zero-order chi connectivity index (χ0) is 20.6. The molecule has 3 amide bonds. The van der Waals surface area contributed by atoms with Crippen LogP contribution in [0.4, 0.5) is 4.79 Å². The number of hydrogen-bond donors (Lipinski definition) is 2. The van der Waals surface area contributed by atoms with Crippen molar-refractivity contribution in [2.24, 2.45) is 0 Å². The van der Waals surface area contributed by atoms with Crippen molar-refractivity contribution in [2.45, 2.75) is 31.4 Å². The summed E-state index contributed by atoms with van der Waals surface area (Å²) in [6, 6.07) is 13.7. The van der Waals surface area contributed by atoms with Crippen LogP contribution in [0.1, 0.15) is 34.8 Å². The Kier molecular flexibility index (Phi) is 4.84. The molecule has 1 fully saturated rings. The van der Waals surface area contributed by atoms with Gasteiger partial charge in [-0.05, 0) is 55.2 Å². The second-order valence-electron chi connectivity index (χ2n) is 7.45. The van der Waals surface area contributed by atoms with E-state index in [4.69, 9.17) is 4.74 Å². The predicted octanol–water partition coefficient (Wildman–Crippen LogP) is 2.02. The van der Waals surface area contributed by atoms with Gasteiger partial charge in [-0.1, -0.05) is 24.3 Å². The number of hydrogen-bond acceptors (Lipinski definition) is 5. The number of carbonyl (C=O) groups excluding carboxylic acids is 3. The Labute approximate surface area is 168 Å². The van der Waals surface area contributed by atoms with Crippen molar-refractivity contribution < 1.29 is 24.2 Å². The summed E-state index contributed by atoms with van der Waals surface area (Å²) < 4.78 is 5.53. The predicted molar refractivity (Wildman–Crippen MR) is 105 cm³/mol. The molecule has 2 aromatic rings. The Hall–Kier alpha value is -3.19. The highest BCUT2D eigenvalue weighted by Gasteiger charge is 2.55. The third-order valence-corrected chi connectivity index (χ3v) is 5.52. The van der Waals surface area contributed by atoms with E-state index in [0.29, 0.717) is 17.7 Å². The Morgan fingerprint density at radius 2 is 1.93 bits per heavy atom. The first-order valence-electron chi connectivity index (χ1n) is 9.55. The summed E-state index contributed by atoms with van der Waals surface area (Å²) in [5.41, 5.74) is 1.42. The molecule has 2 aliphatic rings. The third-order valence-electron chi connectivity index (χ3n) is 5.52. The number of aliphatic hydroxyl groups excluding tert-OH is 1. The summed E-state index contributed by atoms with van der Waals surface area (Å²) >= 11 is 0. The lowest BCUT2D eigenvalue weighted by atomic mass is 9.92. The van der Waals surface area contributed by atoms with Crippen molar-refractivity contribution in [1.82, 2.24) is 10.2 Å². The van der Waals surface area contributed by atoms with Crippen LogP contribution >= 0.6 is 0 Å². The maximum Gasteiger partial charge on any atom is 0.325 e. The van der Waals surface area contributed by atoms with Gasteiger partial charge in [0, 0.05) is 5.56 Å². The minimum atomic E-state index is -1.04. The smallest absolute Gasteiger partial charge is 0.325 e. The van der Waals surface area contributed by atoms with Gasteiger partial charge in [0.05, 0.1) is 6.54 Å². The number of imide groups is 1. The van der Waals surface area contributed by atoms with E-state index in [1.54, 1.807) is 24.3 Å². The van der Waals surface area contributed by atoms with Crippen LogP contribution in [0.15, 0.2) is 48.5 Å². The SMILES string of the molecule is CC(=O)c1ccc(OC[C@@H](O)CN2C(=O)N[C@@]3(CCc4ccccc43)C2=O)cc1. The van der Waals surface area contributed by atoms with Crippen LogP contribution in [0.25, 0.3) is 0 Å². The molecule has 1 spiro atoms. The fourth-order valence-electron chi connectivity index (χ4n) is 4.00. The number of nitrogens with one attached hydrogen (secondary N) is 1. The molecule has 2 atom stereocenters. The number of fused-ring (bicyclic) bond motifs is 2. The van der Waals surface area contributed by atoms with Crippen LogP contribution in [0.3, 0.4) is 0 Å². The van der Waals surface area contributed by atoms with E-state index in [0.717, 1.165) is 22.4 Å². The van der Waals surface area contributed by atoms with Crippen LogP contribution in [-0.4, -0.2) is 47.0 Å². The van der Waals surface area contributed by atoms with Crippen molar-refractivity contribution in [1.29, 1.82) is 0 Å². The first-order chi connectivity index (χ1) is 13.9. The Morgan fingerprint density at radius 1 is 1.21 bits per heavy atom. The van der Waals surface area contributed by atoms with Crippen molar-refractivity contribution in [3.8, 4) is 5.75 Å². The standard InChI is InChI=1S/C22H22N2O5/c1-14(25)15-6-8-18(9-7-15)29-13-17(26)12-24-20(27)22(23-21(24)28)11-10-16-4-2-3-5-19(16)22/h2-9,17,26H,10-13H2,1H3,(H,23,28)/t17-,22+/m0/s1. The molecule has 1 aliphatic carbocycles. The highest BCUT2D eigenvalue weighted by atomic mass is 16.5. The zero-order valence-corrected chi connectivity index (χ0v) is 16.1. The highest BCUT2D eigenvalue weighted by Crippen LogP contribution is 2.41. The largest absolute Gasteiger partial charge is 0.491 e. The number of aliphatic hydroxyl groups is 1. The van der Waals surface area contributed by atoms with Gasteiger partial charge in [0.1, 0.15) is 24.0 Å². The third kappa shape index (κ3) is 3.38. The lowest BCUT2D eigenvalue weighted by molar-refractivity contribution is -0.132. The van der Waals surface area contributed by atoms with Gasteiger partial charge in [0.2, 0.25) is 0 Å². The molecule has 2 N–H and O–H groups in total. The van der Waals surface area contributed by atoms with Crippen LogP contribution in [0.2, 0.25) is 0 Å². The van der Waals surface area contributed by atoms with E-state index in [2.05, 4.69) is 5.32 Å². The molecule has 0 radical (unpaired) electrons. The summed E-state index contributed by atoms with van der Waals surface area (Å²) in [7, 11) is 0. The maximum atomic E-state index is 13.1. The van der Waals surface area contributed by atoms with Gasteiger partial charge in [-0.3, -0.25) is 14.5 Å². The molecule has 0 saturated carbocycles. The fourth-order valence-corrected chi connectivity index (χ4v) is 4.00. The number of benzene rings is 2. The molecule has 1 saturated heterocycles. The van der Waals surface area contributed by atoms with Crippen molar-refractivity contribution in [3.63, 3.8) is 0 Å². The molecule has 0 aromatic heterocycles. The minimum Gasteiger partial charge on any atom is -0.491 e. The number of rotatable bonds is 6. The lowest BCUT2D eigenvalue weighted by Gasteiger charge is -2.23. The Morgan fingerprint density at radius 3 is 2.66 bits per heavy atom. The number of urea groups is 1. The number of β-amino-alcohol motifs (C(OH)–C–C–N with tert-alkyl or cyclic N) is 1. The molecular formula is C22H22N2O5. The summed E-state index contributed by atoms with van der Waals surface area (Å²) in [6.07, 6.45) is 0.199. The normalized spacial score (nSPS) is 21.2. The number of ketones is 1. The van der Waals surface area contributed by atoms with Gasteiger partial charge in [-0.25, -0.2) is 4.79 Å². The molecule has 7 heteroatoms. The van der Waals surface area contributed by atoms with E-state index < -0.39 is 17.7 Å². The second-order valence-corrected chi connectivity index (χ2v) is 7.45. The molecule has 29 heavy (non-hydrogen) atoms. The van der Waals surface area contributed by atoms with Crippen LogP contribution in [0.5, 0.6) is 5.75 Å². The van der Waals surface area contributed by atoms with Crippen LogP contribution in [-0.2, 0) is 16.8 Å². The number of Topliss-reactive ketones (excluding diaryl/α,β-unsaturated/α-hetero) is 1. The lowest BCUT2D eigenvalue weighted by Crippen LogP contribution is -2.43. The number of amides is 3. The average molecular weight is 394 g/mol. The van der Waals surface area contributed by atoms with Gasteiger partial charge >= 0.3 is 6.03 Å². The van der Waals surface area contributed by atoms with Crippen molar-refractivity contribution in [3.05, 3.63) is 65.2 Å². The number of ether oxygens (including phenoxy) is 1. The first kappa shape index (κ1) is 19.1. The average Bonchev–Trinajstić information content (AvgIpc) is 3.20. The maximum absolute atomic E-state index is 13.1. The topological polar surface area (TPSA) is 95.9 Å². The monoisotopic (exact) mass is 394 g/mol. The Balaban J connectivity index is 1.40. The van der Waals surface area contributed by atoms with E-state index in [9.17, 15) is 19.5 Å². The molecule has 7 nitrogen and oxygen atoms in total. The van der Waals surface area contributed by atoms with Crippen LogP contribution < -0.4 is 10.1 Å². The number of carbonyl (C=O) groups is 3. The molecule has 150 valence electrons. The second kappa shape index (κ2) is 7.33. The summed E-state index contributed by atoms with van der Waals surface area (Å²) in [5.74, 6) is 0.113. The molecule has 1 aliphatic heterocycles. The fraction of sp³-hybridized carbons (Fsp3) is 0.318. The molecule has 2 aromatic carbocycles. The Bertz CT molecular complexity index is 971. The number of aryl methyl sites for hydroxylation is 1. The molecule has 1 heterocycles. The van der Waals surface area contributed by atoms with Gasteiger partial charge in [-0.2, -0.15) is 0 Å². The van der Waals surface area contributed by atoms with Gasteiger partial charge in [0.15, 0.2) is 5.78 Å². The van der Waals surface area contributed by atoms with Crippen molar-refractivity contribution in [2.75, 3.05) is 13.2 Å². The van der Waals surface area contributed by atoms with Gasteiger partial charge in [-0.15, -0.1) is 0 Å². The van der Waals surface area contributed by atoms with E-state index >= 15 is 0 Å². The first-order valence-corrected chi connectivity index (χ1v) is 9.55. The molecule has 0 bridgehead atoms. The summed E-state index contributed by atoms with van der Waals surface area (Å²) in [6.45, 7) is 1.24. The molecule has 0 unspecified atom stereocenters. The molecule has 4 rings (SSSR count). The van der Waals surface area contributed by atoms with Gasteiger partial charge < -0.3 is 15.2 Å². The van der Waals surface area contributed by atoms with Gasteiger partial charge in [0.25, 0.3) is 5.91 Å².